The average molecular weight is 403 g/mol. The first-order valence-corrected chi connectivity index (χ1v) is 10.2. The van der Waals surface area contributed by atoms with Crippen LogP contribution in [0.2, 0.25) is 0 Å². The Kier molecular flexibility index (Phi) is 7.49. The molecule has 5 nitrogen and oxygen atoms in total. The molecule has 0 saturated carbocycles. The number of carbonyl (C=O) groups is 1. The van der Waals surface area contributed by atoms with Crippen LogP contribution in [0.4, 0.5) is 14.7 Å². The highest BCUT2D eigenvalue weighted by atomic mass is 19.1. The van der Waals surface area contributed by atoms with Gasteiger partial charge in [0.2, 0.25) is 5.95 Å². The van der Waals surface area contributed by atoms with Crippen LogP contribution < -0.4 is 9.64 Å². The highest BCUT2D eigenvalue weighted by Crippen LogP contribution is 2.25. The number of hydrogen-bond acceptors (Lipinski definition) is 5. The maximum absolute atomic E-state index is 13.8. The first-order chi connectivity index (χ1) is 14.1. The second-order valence-corrected chi connectivity index (χ2v) is 7.40. The lowest BCUT2D eigenvalue weighted by Gasteiger charge is -2.32. The Hall–Kier alpha value is -2.57. The van der Waals surface area contributed by atoms with Gasteiger partial charge in [-0.1, -0.05) is 6.92 Å². The van der Waals surface area contributed by atoms with Gasteiger partial charge in [-0.15, -0.1) is 0 Å². The van der Waals surface area contributed by atoms with E-state index in [4.69, 9.17) is 4.74 Å². The summed E-state index contributed by atoms with van der Waals surface area (Å²) in [6, 6.07) is 2.29. The number of rotatable bonds is 9. The van der Waals surface area contributed by atoms with Gasteiger partial charge in [0, 0.05) is 49.6 Å². The molecule has 1 aliphatic rings. The average Bonchev–Trinajstić information content (AvgIpc) is 2.74. The van der Waals surface area contributed by atoms with Crippen molar-refractivity contribution in [2.45, 2.75) is 45.4 Å². The van der Waals surface area contributed by atoms with E-state index in [1.54, 1.807) is 0 Å². The van der Waals surface area contributed by atoms with Crippen molar-refractivity contribution in [1.29, 1.82) is 0 Å². The van der Waals surface area contributed by atoms with Gasteiger partial charge in [0.15, 0.2) is 0 Å². The zero-order chi connectivity index (χ0) is 20.6. The van der Waals surface area contributed by atoms with E-state index in [0.29, 0.717) is 18.8 Å². The molecule has 3 rings (SSSR count). The molecule has 0 atom stereocenters. The summed E-state index contributed by atoms with van der Waals surface area (Å²) in [6.45, 7) is 4.37. The minimum Gasteiger partial charge on any atom is -0.493 e. The Labute approximate surface area is 170 Å². The molecular formula is C22H27F2N3O2. The lowest BCUT2D eigenvalue weighted by Crippen LogP contribution is -2.35. The molecule has 0 unspecified atom stereocenters. The summed E-state index contributed by atoms with van der Waals surface area (Å²) in [5.74, 6) is 0.0822. The van der Waals surface area contributed by atoms with E-state index in [0.717, 1.165) is 68.8 Å². The van der Waals surface area contributed by atoms with Crippen molar-refractivity contribution in [3.63, 3.8) is 0 Å². The Bertz CT molecular complexity index is 783. The number of aromatic nitrogens is 2. The summed E-state index contributed by atoms with van der Waals surface area (Å²) in [5, 5.41) is 0. The second kappa shape index (κ2) is 10.3. The van der Waals surface area contributed by atoms with E-state index in [-0.39, 0.29) is 17.7 Å². The molecule has 29 heavy (non-hydrogen) atoms. The number of hydrogen-bond donors (Lipinski definition) is 0. The number of ether oxygens (including phenoxy) is 1. The number of nitrogens with zero attached hydrogens (tertiary/aromatic N) is 3. The molecule has 1 aromatic carbocycles. The Morgan fingerprint density at radius 3 is 2.41 bits per heavy atom. The number of aryl methyl sites for hydroxylation is 1. The van der Waals surface area contributed by atoms with Crippen molar-refractivity contribution in [2.75, 3.05) is 24.6 Å². The van der Waals surface area contributed by atoms with E-state index in [1.165, 1.54) is 0 Å². The number of aldehydes is 1. The van der Waals surface area contributed by atoms with Crippen molar-refractivity contribution in [3.8, 4) is 5.75 Å². The first-order valence-electron chi connectivity index (χ1n) is 10.2. The normalized spacial score (nSPS) is 14.8. The fourth-order valence-electron chi connectivity index (χ4n) is 3.62. The SMILES string of the molecule is CCc1cnc(N2CCC(CCCOc3cc(F)c(CC=O)c(F)c3)CC2)nc1. The fraction of sp³-hybridized carbons (Fsp3) is 0.500. The van der Waals surface area contributed by atoms with E-state index in [1.807, 2.05) is 12.4 Å². The maximum atomic E-state index is 13.8. The van der Waals surface area contributed by atoms with E-state index >= 15 is 0 Å². The van der Waals surface area contributed by atoms with Crippen LogP contribution in [0.3, 0.4) is 0 Å². The van der Waals surface area contributed by atoms with E-state index in [9.17, 15) is 13.6 Å². The number of piperidine rings is 1. The topological polar surface area (TPSA) is 55.3 Å². The third-order valence-corrected chi connectivity index (χ3v) is 5.42. The molecule has 2 heterocycles. The molecule has 1 aromatic heterocycles. The van der Waals surface area contributed by atoms with Crippen LogP contribution in [0.25, 0.3) is 0 Å². The lowest BCUT2D eigenvalue weighted by atomic mass is 9.92. The zero-order valence-electron chi connectivity index (χ0n) is 16.7. The van der Waals surface area contributed by atoms with Gasteiger partial charge in [0.25, 0.3) is 0 Å². The molecule has 0 spiro atoms. The zero-order valence-corrected chi connectivity index (χ0v) is 16.7. The molecule has 0 radical (unpaired) electrons. The number of anilines is 1. The molecule has 1 fully saturated rings. The first kappa shape index (κ1) is 21.1. The van der Waals surface area contributed by atoms with Crippen LogP contribution in [0, 0.1) is 17.6 Å². The standard InChI is InChI=1S/C22H27F2N3O2/c1-2-16-14-25-22(26-15-16)27-8-5-17(6-9-27)4-3-11-29-18-12-20(23)19(7-10-28)21(24)13-18/h10,12-15,17H,2-9,11H2,1H3. The highest BCUT2D eigenvalue weighted by molar-refractivity contribution is 5.55. The molecule has 1 aliphatic heterocycles. The van der Waals surface area contributed by atoms with E-state index < -0.39 is 11.6 Å². The molecule has 0 amide bonds. The summed E-state index contributed by atoms with van der Waals surface area (Å²) in [7, 11) is 0. The van der Waals surface area contributed by atoms with Gasteiger partial charge in [-0.25, -0.2) is 18.7 Å². The summed E-state index contributed by atoms with van der Waals surface area (Å²) in [4.78, 5) is 21.6. The summed E-state index contributed by atoms with van der Waals surface area (Å²) >= 11 is 0. The molecular weight excluding hydrogens is 376 g/mol. The van der Waals surface area contributed by atoms with Gasteiger partial charge in [-0.3, -0.25) is 0 Å². The number of carbonyl (C=O) groups excluding carboxylic acids is 1. The van der Waals surface area contributed by atoms with Gasteiger partial charge >= 0.3 is 0 Å². The lowest BCUT2D eigenvalue weighted by molar-refractivity contribution is -0.107. The van der Waals surface area contributed by atoms with Gasteiger partial charge in [0.1, 0.15) is 23.7 Å². The monoisotopic (exact) mass is 403 g/mol. The largest absolute Gasteiger partial charge is 0.493 e. The highest BCUT2D eigenvalue weighted by Gasteiger charge is 2.20. The van der Waals surface area contributed by atoms with Crippen molar-refractivity contribution < 1.29 is 18.3 Å². The van der Waals surface area contributed by atoms with Crippen LogP contribution in [0.1, 0.15) is 43.7 Å². The van der Waals surface area contributed by atoms with Crippen molar-refractivity contribution in [3.05, 3.63) is 47.3 Å². The maximum Gasteiger partial charge on any atom is 0.225 e. The van der Waals surface area contributed by atoms with Crippen molar-refractivity contribution in [2.24, 2.45) is 5.92 Å². The van der Waals surface area contributed by atoms with Gasteiger partial charge in [-0.2, -0.15) is 0 Å². The quantitative estimate of drug-likeness (QED) is 0.465. The Morgan fingerprint density at radius 2 is 1.83 bits per heavy atom. The third-order valence-electron chi connectivity index (χ3n) is 5.42. The Balaban J connectivity index is 1.39. The molecule has 156 valence electrons. The molecule has 2 aromatic rings. The Morgan fingerprint density at radius 1 is 1.17 bits per heavy atom. The summed E-state index contributed by atoms with van der Waals surface area (Å²) in [6.07, 6.45) is 8.91. The van der Waals surface area contributed by atoms with Crippen LogP contribution in [0.15, 0.2) is 24.5 Å². The van der Waals surface area contributed by atoms with Crippen LogP contribution in [0.5, 0.6) is 5.75 Å². The molecule has 0 aliphatic carbocycles. The minimum absolute atomic E-state index is 0.164. The van der Waals surface area contributed by atoms with Crippen LogP contribution in [-0.2, 0) is 17.6 Å². The third kappa shape index (κ3) is 5.71. The molecule has 1 saturated heterocycles. The predicted molar refractivity (Wildman–Crippen MR) is 107 cm³/mol. The second-order valence-electron chi connectivity index (χ2n) is 7.40. The molecule has 0 bridgehead atoms. The van der Waals surface area contributed by atoms with E-state index in [2.05, 4.69) is 21.8 Å². The fourth-order valence-corrected chi connectivity index (χ4v) is 3.62. The minimum atomic E-state index is -0.742. The summed E-state index contributed by atoms with van der Waals surface area (Å²) in [5.41, 5.74) is 0.925. The van der Waals surface area contributed by atoms with Crippen LogP contribution >= 0.6 is 0 Å². The van der Waals surface area contributed by atoms with Gasteiger partial charge < -0.3 is 14.4 Å². The van der Waals surface area contributed by atoms with Gasteiger partial charge in [0.05, 0.1) is 6.61 Å². The van der Waals surface area contributed by atoms with Crippen LogP contribution in [-0.4, -0.2) is 36.0 Å². The van der Waals surface area contributed by atoms with Crippen molar-refractivity contribution >= 4 is 12.2 Å². The molecule has 0 N–H and O–H groups in total. The predicted octanol–water partition coefficient (Wildman–Crippen LogP) is 4.13. The smallest absolute Gasteiger partial charge is 0.225 e. The van der Waals surface area contributed by atoms with Gasteiger partial charge in [-0.05, 0) is 43.6 Å². The number of benzene rings is 1. The number of halogens is 2. The summed E-state index contributed by atoms with van der Waals surface area (Å²) < 4.78 is 33.2. The molecule has 7 heteroatoms. The van der Waals surface area contributed by atoms with Crippen molar-refractivity contribution in [1.82, 2.24) is 9.97 Å².